The molecule has 0 aliphatic heterocycles. The van der Waals surface area contributed by atoms with Gasteiger partial charge in [-0.2, -0.15) is 22.4 Å². The van der Waals surface area contributed by atoms with Crippen molar-refractivity contribution in [1.82, 2.24) is 0 Å². The van der Waals surface area contributed by atoms with E-state index in [2.05, 4.69) is 64.0 Å². The molecule has 0 aromatic carbocycles. The largest absolute Gasteiger partial charge is 0.175 e. The van der Waals surface area contributed by atoms with E-state index in [0.29, 0.717) is 9.49 Å². The van der Waals surface area contributed by atoms with Crippen LogP contribution in [0.25, 0.3) is 0 Å². The Balaban J connectivity index is 3.83. The van der Waals surface area contributed by atoms with Gasteiger partial charge in [0.05, 0.1) is 0 Å². The van der Waals surface area contributed by atoms with Crippen LogP contribution in [-0.2, 0) is 0 Å². The third-order valence-electron chi connectivity index (χ3n) is 1.04. The standard InChI is InChI=1S/C8H22S2Si2/c1-7(2,3)9-12(11)10-8(4,5)6/h12H,1-6,11H3. The molecule has 0 heterocycles. The van der Waals surface area contributed by atoms with Gasteiger partial charge in [-0.05, 0) is 0 Å². The molecule has 0 amide bonds. The van der Waals surface area contributed by atoms with Crippen molar-refractivity contribution < 1.29 is 0 Å². The summed E-state index contributed by atoms with van der Waals surface area (Å²) in [5, 5.41) is 0. The van der Waals surface area contributed by atoms with Gasteiger partial charge in [0, 0.05) is 19.3 Å². The topological polar surface area (TPSA) is 0 Å². The van der Waals surface area contributed by atoms with Gasteiger partial charge in [-0.3, -0.25) is 0 Å². The zero-order valence-electron chi connectivity index (χ0n) is 9.39. The summed E-state index contributed by atoms with van der Waals surface area (Å²) in [5.74, 6) is 0. The van der Waals surface area contributed by atoms with Crippen LogP contribution >= 0.6 is 22.4 Å². The Kier molecular flexibility index (Phi) is 5.01. The van der Waals surface area contributed by atoms with Crippen LogP contribution in [0.2, 0.25) is 0 Å². The van der Waals surface area contributed by atoms with Gasteiger partial charge in [-0.1, -0.05) is 41.5 Å². The van der Waals surface area contributed by atoms with Crippen LogP contribution in [0.3, 0.4) is 0 Å². The maximum absolute atomic E-state index is 2.33. The Morgan fingerprint density at radius 2 is 1.08 bits per heavy atom. The Labute approximate surface area is 89.8 Å². The summed E-state index contributed by atoms with van der Waals surface area (Å²) in [6.07, 6.45) is 0. The summed E-state index contributed by atoms with van der Waals surface area (Å²) < 4.78 is 0.966. The third kappa shape index (κ3) is 9.22. The summed E-state index contributed by atoms with van der Waals surface area (Å²) >= 11 is 4.49. The van der Waals surface area contributed by atoms with Crippen molar-refractivity contribution in [3.8, 4) is 0 Å². The molecule has 0 bridgehead atoms. The van der Waals surface area contributed by atoms with Crippen molar-refractivity contribution in [2.24, 2.45) is 0 Å². The van der Waals surface area contributed by atoms with E-state index in [4.69, 9.17) is 0 Å². The van der Waals surface area contributed by atoms with E-state index in [1.807, 2.05) is 0 Å². The molecular weight excluding hydrogens is 216 g/mol. The first-order valence-electron chi connectivity index (χ1n) is 4.46. The highest BCUT2D eigenvalue weighted by atomic mass is 32.6. The Hall–Kier alpha value is 1.13. The van der Waals surface area contributed by atoms with Gasteiger partial charge in [-0.25, -0.2) is 0 Å². The van der Waals surface area contributed by atoms with E-state index in [0.717, 1.165) is 0 Å². The maximum atomic E-state index is 2.33. The van der Waals surface area contributed by atoms with Crippen molar-refractivity contribution in [1.29, 1.82) is 0 Å². The van der Waals surface area contributed by atoms with Gasteiger partial charge in [0.25, 0.3) is 0 Å². The predicted octanol–water partition coefficient (Wildman–Crippen LogP) is 2.13. The average Bonchev–Trinajstić information content (AvgIpc) is 1.49. The first kappa shape index (κ1) is 13.1. The van der Waals surface area contributed by atoms with Crippen molar-refractivity contribution in [2.45, 2.75) is 51.0 Å². The minimum Gasteiger partial charge on any atom is -0.175 e. The van der Waals surface area contributed by atoms with Crippen LogP contribution in [0.5, 0.6) is 0 Å². The van der Waals surface area contributed by atoms with Crippen molar-refractivity contribution in [3.63, 3.8) is 0 Å². The van der Waals surface area contributed by atoms with Crippen LogP contribution < -0.4 is 0 Å². The smallest absolute Gasteiger partial charge is 0.142 e. The van der Waals surface area contributed by atoms with Gasteiger partial charge < -0.3 is 0 Å². The Morgan fingerprint density at radius 1 is 0.833 bits per heavy atom. The molecule has 0 atom stereocenters. The molecule has 0 N–H and O–H groups in total. The Morgan fingerprint density at radius 3 is 1.25 bits per heavy atom. The molecule has 0 rings (SSSR count). The number of hydrogen-bond acceptors (Lipinski definition) is 2. The normalized spacial score (nSPS) is 14.2. The molecule has 0 aromatic rings. The zero-order chi connectivity index (χ0) is 9.99. The lowest BCUT2D eigenvalue weighted by molar-refractivity contribution is 0.808. The van der Waals surface area contributed by atoms with Gasteiger partial charge in [0.1, 0.15) is 6.61 Å². The lowest BCUT2D eigenvalue weighted by Gasteiger charge is -2.27. The molecule has 0 saturated heterocycles. The van der Waals surface area contributed by atoms with Crippen molar-refractivity contribution in [2.75, 3.05) is 0 Å². The fourth-order valence-electron chi connectivity index (χ4n) is 1.02. The van der Waals surface area contributed by atoms with E-state index < -0.39 is 6.61 Å². The lowest BCUT2D eigenvalue weighted by Crippen LogP contribution is -2.22. The summed E-state index contributed by atoms with van der Waals surface area (Å²) in [7, 11) is 1.42. The fourth-order valence-corrected chi connectivity index (χ4v) is 27.5. The average molecular weight is 239 g/mol. The van der Waals surface area contributed by atoms with Crippen LogP contribution in [0.4, 0.5) is 0 Å². The van der Waals surface area contributed by atoms with E-state index >= 15 is 0 Å². The second-order valence-electron chi connectivity index (χ2n) is 5.03. The molecule has 12 heavy (non-hydrogen) atoms. The van der Waals surface area contributed by atoms with Crippen LogP contribution in [-0.4, -0.2) is 25.9 Å². The molecule has 4 heteroatoms. The van der Waals surface area contributed by atoms with Crippen LogP contribution in [0.15, 0.2) is 0 Å². The van der Waals surface area contributed by atoms with Gasteiger partial charge in [0.2, 0.25) is 0 Å². The van der Waals surface area contributed by atoms with Crippen molar-refractivity contribution in [3.05, 3.63) is 0 Å². The highest BCUT2D eigenvalue weighted by Crippen LogP contribution is 2.35. The molecular formula is C8H22S2Si2. The monoisotopic (exact) mass is 238 g/mol. The van der Waals surface area contributed by atoms with E-state index in [1.165, 1.54) is 9.76 Å². The van der Waals surface area contributed by atoms with E-state index in [-0.39, 0.29) is 0 Å². The maximum Gasteiger partial charge on any atom is 0.142 e. The third-order valence-corrected chi connectivity index (χ3v) is 15.3. The van der Waals surface area contributed by atoms with Gasteiger partial charge in [-0.15, -0.1) is 0 Å². The summed E-state index contributed by atoms with van der Waals surface area (Å²) in [4.78, 5) is 0. The minimum absolute atomic E-state index is 0.480. The quantitative estimate of drug-likeness (QED) is 0.676. The molecule has 0 fully saturated rings. The fraction of sp³-hybridized carbons (Fsp3) is 1.00. The molecule has 0 aromatic heterocycles. The highest BCUT2D eigenvalue weighted by Gasteiger charge is 2.22. The summed E-state index contributed by atoms with van der Waals surface area (Å²) in [6, 6.07) is 0. The second kappa shape index (κ2) is 4.57. The molecule has 0 aliphatic carbocycles. The number of rotatable bonds is 2. The molecule has 0 saturated carbocycles. The number of hydrogen-bond donors (Lipinski definition) is 0. The molecule has 0 unspecified atom stereocenters. The lowest BCUT2D eigenvalue weighted by atomic mass is 10.3. The highest BCUT2D eigenvalue weighted by molar-refractivity contribution is 8.59. The Bertz CT molecular complexity index is 119. The molecule has 0 spiro atoms. The second-order valence-corrected chi connectivity index (χ2v) is 24.1. The molecule has 0 nitrogen and oxygen atoms in total. The van der Waals surface area contributed by atoms with Gasteiger partial charge in [0.15, 0.2) is 0 Å². The summed E-state index contributed by atoms with van der Waals surface area (Å²) in [6.45, 7) is 13.5. The van der Waals surface area contributed by atoms with Gasteiger partial charge >= 0.3 is 0 Å². The minimum atomic E-state index is -0.480. The first-order valence-corrected chi connectivity index (χ1v) is 13.7. The van der Waals surface area contributed by atoms with Crippen molar-refractivity contribution >= 4 is 38.8 Å². The zero-order valence-corrected chi connectivity index (χ0v) is 14.2. The van der Waals surface area contributed by atoms with E-state index in [1.54, 1.807) is 0 Å². The van der Waals surface area contributed by atoms with Crippen LogP contribution in [0, 0.1) is 0 Å². The first-order chi connectivity index (χ1) is 5.10. The summed E-state index contributed by atoms with van der Waals surface area (Å²) in [5.41, 5.74) is 0. The SMILES string of the molecule is CC(C)(C)S[SiH]([SiH3])SC(C)(C)C. The predicted molar refractivity (Wildman–Crippen MR) is 71.8 cm³/mol. The molecule has 74 valence electrons. The molecule has 0 radical (unpaired) electrons. The van der Waals surface area contributed by atoms with Crippen LogP contribution in [0.1, 0.15) is 41.5 Å². The molecule has 0 aliphatic rings. The van der Waals surface area contributed by atoms with E-state index in [9.17, 15) is 0 Å².